The minimum absolute atomic E-state index is 0. The Morgan fingerprint density at radius 1 is 1.09 bits per heavy atom. The van der Waals surface area contributed by atoms with Crippen molar-refractivity contribution >= 4 is 36.0 Å². The second-order valence-electron chi connectivity index (χ2n) is 5.78. The van der Waals surface area contributed by atoms with Gasteiger partial charge < -0.3 is 25.3 Å². The van der Waals surface area contributed by atoms with Crippen LogP contribution in [0.15, 0.2) is 29.5 Å². The third-order valence-corrected chi connectivity index (χ3v) is 2.64. The minimum Gasteiger partial charge on any atom is -0.444 e. The number of rotatable bonds is 6. The summed E-state index contributed by atoms with van der Waals surface area (Å²) in [5.74, 6) is 0.707. The Balaban J connectivity index is 0.00000484. The average molecular weight is 437 g/mol. The molecule has 0 atom stereocenters. The van der Waals surface area contributed by atoms with E-state index in [1.54, 1.807) is 7.05 Å². The van der Waals surface area contributed by atoms with Gasteiger partial charge in [0.15, 0.2) is 5.96 Å². The largest absolute Gasteiger partial charge is 0.444 e. The number of aromatic nitrogens is 1. The number of nitrogens with one attached hydrogen (secondary N) is 3. The fourth-order valence-electron chi connectivity index (χ4n) is 1.70. The first-order chi connectivity index (χ1) is 10.4. The molecule has 0 saturated carbocycles. The van der Waals surface area contributed by atoms with Gasteiger partial charge in [-0.1, -0.05) is 0 Å². The van der Waals surface area contributed by atoms with Crippen LogP contribution in [0.5, 0.6) is 0 Å². The van der Waals surface area contributed by atoms with Crippen molar-refractivity contribution < 1.29 is 9.53 Å². The number of carbonyl (C=O) groups is 1. The van der Waals surface area contributed by atoms with E-state index < -0.39 is 11.7 Å². The second-order valence-corrected chi connectivity index (χ2v) is 5.78. The fraction of sp³-hybridized carbons (Fsp3) is 0.600. The standard InChI is InChI=1S/C15H27N5O2.HI/c1-15(2,3)22-14(21)19-8-7-17-13(16-4)18-9-12-20-10-5-6-11-20;/h5-6,10-11H,7-9,12H2,1-4H3,(H,19,21)(H2,16,17,18);1H. The highest BCUT2D eigenvalue weighted by Gasteiger charge is 2.15. The number of halogens is 1. The molecule has 23 heavy (non-hydrogen) atoms. The van der Waals surface area contributed by atoms with Crippen molar-refractivity contribution in [1.29, 1.82) is 0 Å². The van der Waals surface area contributed by atoms with Crippen molar-refractivity contribution in [2.45, 2.75) is 32.9 Å². The molecule has 1 amide bonds. The highest BCUT2D eigenvalue weighted by atomic mass is 127. The van der Waals surface area contributed by atoms with Crippen LogP contribution >= 0.6 is 24.0 Å². The Labute approximate surface area is 155 Å². The number of hydrogen-bond donors (Lipinski definition) is 3. The summed E-state index contributed by atoms with van der Waals surface area (Å²) in [6, 6.07) is 3.99. The summed E-state index contributed by atoms with van der Waals surface area (Å²) in [5.41, 5.74) is -0.479. The van der Waals surface area contributed by atoms with Gasteiger partial charge in [0, 0.05) is 45.6 Å². The van der Waals surface area contributed by atoms with Gasteiger partial charge in [0.25, 0.3) is 0 Å². The minimum atomic E-state index is -0.479. The molecule has 0 saturated heterocycles. The SMILES string of the molecule is CN=C(NCCNC(=O)OC(C)(C)C)NCCn1cccc1.I. The number of guanidine groups is 1. The molecule has 0 unspecified atom stereocenters. The summed E-state index contributed by atoms with van der Waals surface area (Å²) in [4.78, 5) is 15.6. The molecule has 0 aliphatic rings. The number of ether oxygens (including phenoxy) is 1. The second kappa shape index (κ2) is 11.1. The predicted octanol–water partition coefficient (Wildman–Crippen LogP) is 1.80. The van der Waals surface area contributed by atoms with Crippen molar-refractivity contribution in [2.75, 3.05) is 26.7 Å². The normalized spacial score (nSPS) is 11.4. The Morgan fingerprint density at radius 3 is 2.22 bits per heavy atom. The van der Waals surface area contributed by atoms with E-state index in [0.717, 1.165) is 13.1 Å². The highest BCUT2D eigenvalue weighted by molar-refractivity contribution is 14.0. The van der Waals surface area contributed by atoms with Gasteiger partial charge in [-0.3, -0.25) is 4.99 Å². The molecule has 0 spiro atoms. The molecule has 132 valence electrons. The van der Waals surface area contributed by atoms with Crippen LogP contribution in [-0.4, -0.2) is 48.9 Å². The Morgan fingerprint density at radius 2 is 1.65 bits per heavy atom. The molecule has 7 nitrogen and oxygen atoms in total. The Kier molecular flexibility index (Phi) is 10.4. The number of aliphatic imine (C=N–C) groups is 1. The van der Waals surface area contributed by atoms with E-state index in [9.17, 15) is 4.79 Å². The van der Waals surface area contributed by atoms with Crippen molar-refractivity contribution in [3.05, 3.63) is 24.5 Å². The molecule has 0 aromatic carbocycles. The van der Waals surface area contributed by atoms with Crippen LogP contribution < -0.4 is 16.0 Å². The summed E-state index contributed by atoms with van der Waals surface area (Å²) in [5, 5.41) is 9.02. The third kappa shape index (κ3) is 10.8. The van der Waals surface area contributed by atoms with Gasteiger partial charge in [-0.15, -0.1) is 24.0 Å². The fourth-order valence-corrected chi connectivity index (χ4v) is 1.70. The first-order valence-electron chi connectivity index (χ1n) is 7.43. The number of amides is 1. The summed E-state index contributed by atoms with van der Waals surface area (Å²) in [6.07, 6.45) is 3.62. The van der Waals surface area contributed by atoms with E-state index in [1.165, 1.54) is 0 Å². The summed E-state index contributed by atoms with van der Waals surface area (Å²) < 4.78 is 7.24. The van der Waals surface area contributed by atoms with E-state index in [0.29, 0.717) is 19.0 Å². The van der Waals surface area contributed by atoms with E-state index >= 15 is 0 Å². The molecule has 0 bridgehead atoms. The first-order valence-corrected chi connectivity index (χ1v) is 7.43. The molecule has 1 aromatic heterocycles. The lowest BCUT2D eigenvalue weighted by molar-refractivity contribution is 0.0529. The smallest absolute Gasteiger partial charge is 0.407 e. The maximum atomic E-state index is 11.5. The van der Waals surface area contributed by atoms with Crippen molar-refractivity contribution in [2.24, 2.45) is 4.99 Å². The van der Waals surface area contributed by atoms with E-state index in [1.807, 2.05) is 45.3 Å². The highest BCUT2D eigenvalue weighted by Crippen LogP contribution is 2.05. The average Bonchev–Trinajstić information content (AvgIpc) is 2.92. The quantitative estimate of drug-likeness (QED) is 0.275. The third-order valence-electron chi connectivity index (χ3n) is 2.64. The number of nitrogens with zero attached hydrogens (tertiary/aromatic N) is 2. The van der Waals surface area contributed by atoms with Gasteiger partial charge in [-0.05, 0) is 32.9 Å². The lowest BCUT2D eigenvalue weighted by Crippen LogP contribution is -2.43. The van der Waals surface area contributed by atoms with Gasteiger partial charge in [0.2, 0.25) is 0 Å². The van der Waals surface area contributed by atoms with Crippen LogP contribution in [0.3, 0.4) is 0 Å². The van der Waals surface area contributed by atoms with Crippen LogP contribution in [0.2, 0.25) is 0 Å². The topological polar surface area (TPSA) is 79.7 Å². The molecular formula is C15H28IN5O2. The number of hydrogen-bond acceptors (Lipinski definition) is 3. The molecule has 0 aliphatic carbocycles. The van der Waals surface area contributed by atoms with Crippen molar-refractivity contribution in [1.82, 2.24) is 20.5 Å². The molecule has 1 aromatic rings. The molecular weight excluding hydrogens is 409 g/mol. The lowest BCUT2D eigenvalue weighted by Gasteiger charge is -2.20. The lowest BCUT2D eigenvalue weighted by atomic mass is 10.2. The van der Waals surface area contributed by atoms with E-state index in [-0.39, 0.29) is 24.0 Å². The summed E-state index contributed by atoms with van der Waals surface area (Å²) in [6.45, 7) is 8.18. The molecule has 0 fully saturated rings. The van der Waals surface area contributed by atoms with Gasteiger partial charge in [0.05, 0.1) is 0 Å². The zero-order valence-electron chi connectivity index (χ0n) is 14.3. The Hall–Kier alpha value is -1.45. The van der Waals surface area contributed by atoms with E-state index in [4.69, 9.17) is 4.74 Å². The zero-order chi connectivity index (χ0) is 16.4. The van der Waals surface area contributed by atoms with Crippen LogP contribution in [0.4, 0.5) is 4.79 Å². The summed E-state index contributed by atoms with van der Waals surface area (Å²) in [7, 11) is 1.71. The summed E-state index contributed by atoms with van der Waals surface area (Å²) >= 11 is 0. The zero-order valence-corrected chi connectivity index (χ0v) is 16.6. The number of alkyl carbamates (subject to hydrolysis) is 1. The molecule has 0 aliphatic heterocycles. The Bertz CT molecular complexity index is 469. The molecule has 0 radical (unpaired) electrons. The van der Waals surface area contributed by atoms with Gasteiger partial charge in [-0.2, -0.15) is 0 Å². The van der Waals surface area contributed by atoms with E-state index in [2.05, 4.69) is 25.5 Å². The van der Waals surface area contributed by atoms with Crippen LogP contribution in [0.1, 0.15) is 20.8 Å². The monoisotopic (exact) mass is 437 g/mol. The van der Waals surface area contributed by atoms with Gasteiger partial charge in [0.1, 0.15) is 5.60 Å². The van der Waals surface area contributed by atoms with Crippen LogP contribution in [0.25, 0.3) is 0 Å². The van der Waals surface area contributed by atoms with Crippen molar-refractivity contribution in [3.63, 3.8) is 0 Å². The first kappa shape index (κ1) is 21.6. The van der Waals surface area contributed by atoms with Gasteiger partial charge >= 0.3 is 6.09 Å². The molecule has 1 rings (SSSR count). The molecule has 8 heteroatoms. The predicted molar refractivity (Wildman–Crippen MR) is 103 cm³/mol. The maximum absolute atomic E-state index is 11.5. The molecule has 1 heterocycles. The number of carbonyl (C=O) groups excluding carboxylic acids is 1. The van der Waals surface area contributed by atoms with Crippen LogP contribution in [-0.2, 0) is 11.3 Å². The van der Waals surface area contributed by atoms with Crippen molar-refractivity contribution in [3.8, 4) is 0 Å². The van der Waals surface area contributed by atoms with Crippen LogP contribution in [0, 0.1) is 0 Å². The van der Waals surface area contributed by atoms with Gasteiger partial charge in [-0.25, -0.2) is 4.79 Å². The molecule has 3 N–H and O–H groups in total. The maximum Gasteiger partial charge on any atom is 0.407 e.